The van der Waals surface area contributed by atoms with Crippen LogP contribution in [-0.2, 0) is 0 Å². The zero-order valence-electron chi connectivity index (χ0n) is 7.63. The number of ether oxygens (including phenoxy) is 2. The molecular formula is C10H13O2. The highest BCUT2D eigenvalue weighted by molar-refractivity contribution is 5.39. The van der Waals surface area contributed by atoms with Gasteiger partial charge in [0, 0.05) is 0 Å². The Kier molecular flexibility index (Phi) is 2.97. The van der Waals surface area contributed by atoms with E-state index in [1.54, 1.807) is 7.11 Å². The first kappa shape index (κ1) is 8.91. The lowest BCUT2D eigenvalue weighted by Crippen LogP contribution is -1.98. The first-order chi connectivity index (χ1) is 5.74. The first-order valence-electron chi connectivity index (χ1n) is 3.85. The van der Waals surface area contributed by atoms with E-state index in [0.29, 0.717) is 0 Å². The molecule has 0 bridgehead atoms. The molecule has 0 saturated heterocycles. The number of hydrogen-bond acceptors (Lipinski definition) is 2. The predicted octanol–water partition coefficient (Wildman–Crippen LogP) is 2.65. The Hall–Kier alpha value is -1.18. The molecule has 1 aromatic rings. The van der Waals surface area contributed by atoms with E-state index < -0.39 is 0 Å². The summed E-state index contributed by atoms with van der Waals surface area (Å²) in [5, 5.41) is 0. The molecule has 65 valence electrons. The van der Waals surface area contributed by atoms with Gasteiger partial charge in [-0.25, -0.2) is 0 Å². The molecule has 0 atom stereocenters. The molecule has 1 radical (unpaired) electrons. The minimum absolute atomic E-state index is 0.763. The van der Waals surface area contributed by atoms with E-state index in [9.17, 15) is 0 Å². The summed E-state index contributed by atoms with van der Waals surface area (Å²) in [6.45, 7) is 3.82. The Balaban J connectivity index is 2.82. The lowest BCUT2D eigenvalue weighted by Gasteiger charge is -2.11. The van der Waals surface area contributed by atoms with Crippen molar-refractivity contribution in [1.82, 2.24) is 0 Å². The summed E-state index contributed by atoms with van der Waals surface area (Å²) in [6.07, 6.45) is 0.902. The number of para-hydroxylation sites is 2. The van der Waals surface area contributed by atoms with Crippen LogP contribution in [0.2, 0.25) is 0 Å². The second-order valence-electron chi connectivity index (χ2n) is 2.66. The fourth-order valence-corrected chi connectivity index (χ4v) is 0.923. The van der Waals surface area contributed by atoms with Gasteiger partial charge in [-0.3, -0.25) is 0 Å². The van der Waals surface area contributed by atoms with E-state index >= 15 is 0 Å². The number of methoxy groups -OCH3 is 1. The summed E-state index contributed by atoms with van der Waals surface area (Å²) in [5.74, 6) is 1.53. The molecular weight excluding hydrogens is 152 g/mol. The van der Waals surface area contributed by atoms with E-state index in [1.165, 1.54) is 0 Å². The van der Waals surface area contributed by atoms with E-state index in [1.807, 2.05) is 38.1 Å². The molecule has 0 spiro atoms. The average Bonchev–Trinajstić information content (AvgIpc) is 2.04. The molecule has 2 heteroatoms. The quantitative estimate of drug-likeness (QED) is 0.685. The highest BCUT2D eigenvalue weighted by Crippen LogP contribution is 2.27. The Morgan fingerprint density at radius 2 is 1.67 bits per heavy atom. The summed E-state index contributed by atoms with van der Waals surface area (Å²) < 4.78 is 10.5. The minimum atomic E-state index is 0.763. The van der Waals surface area contributed by atoms with Gasteiger partial charge in [-0.2, -0.15) is 0 Å². The molecule has 0 aliphatic heterocycles. The largest absolute Gasteiger partial charge is 0.493 e. The average molecular weight is 165 g/mol. The van der Waals surface area contributed by atoms with Gasteiger partial charge in [0.05, 0.1) is 7.11 Å². The second-order valence-corrected chi connectivity index (χ2v) is 2.66. The fourth-order valence-electron chi connectivity index (χ4n) is 0.923. The van der Waals surface area contributed by atoms with Gasteiger partial charge in [0.25, 0.3) is 0 Å². The highest BCUT2D eigenvalue weighted by atomic mass is 16.5. The Morgan fingerprint density at radius 3 is 2.17 bits per heavy atom. The Labute approximate surface area is 73.1 Å². The molecule has 1 aromatic carbocycles. The zero-order chi connectivity index (χ0) is 8.97. The summed E-state index contributed by atoms with van der Waals surface area (Å²) in [6, 6.07) is 7.58. The van der Waals surface area contributed by atoms with Gasteiger partial charge in [0.2, 0.25) is 0 Å². The third kappa shape index (κ3) is 2.16. The summed E-state index contributed by atoms with van der Waals surface area (Å²) >= 11 is 0. The maximum Gasteiger partial charge on any atom is 0.162 e. The van der Waals surface area contributed by atoms with Gasteiger partial charge in [-0.05, 0) is 26.0 Å². The molecule has 2 nitrogen and oxygen atoms in total. The number of hydrogen-bond donors (Lipinski definition) is 0. The van der Waals surface area contributed by atoms with Crippen LogP contribution in [0.15, 0.2) is 24.3 Å². The predicted molar refractivity (Wildman–Crippen MR) is 48.2 cm³/mol. The smallest absolute Gasteiger partial charge is 0.162 e. The van der Waals surface area contributed by atoms with Crippen molar-refractivity contribution >= 4 is 0 Å². The highest BCUT2D eigenvalue weighted by Gasteiger charge is 2.03. The van der Waals surface area contributed by atoms with Gasteiger partial charge in [0.15, 0.2) is 11.5 Å². The molecule has 0 fully saturated rings. The van der Waals surface area contributed by atoms with Crippen molar-refractivity contribution in [2.24, 2.45) is 0 Å². The van der Waals surface area contributed by atoms with E-state index in [0.717, 1.165) is 17.6 Å². The van der Waals surface area contributed by atoms with Crippen LogP contribution in [0.25, 0.3) is 0 Å². The SMILES string of the molecule is COc1ccccc1O[C](C)C. The standard InChI is InChI=1S/C10H13O2/c1-8(2)12-10-7-5-4-6-9(10)11-3/h4-7H,1-3H3. The van der Waals surface area contributed by atoms with Crippen molar-refractivity contribution in [3.8, 4) is 11.5 Å². The van der Waals surface area contributed by atoms with Gasteiger partial charge in [0.1, 0.15) is 6.10 Å². The molecule has 0 amide bonds. The molecule has 0 heterocycles. The van der Waals surface area contributed by atoms with Crippen LogP contribution in [0.5, 0.6) is 11.5 Å². The van der Waals surface area contributed by atoms with E-state index in [-0.39, 0.29) is 0 Å². The molecule has 0 aliphatic rings. The summed E-state index contributed by atoms with van der Waals surface area (Å²) in [7, 11) is 1.63. The van der Waals surface area contributed by atoms with Crippen LogP contribution in [0.4, 0.5) is 0 Å². The van der Waals surface area contributed by atoms with Crippen LogP contribution in [-0.4, -0.2) is 7.11 Å². The Morgan fingerprint density at radius 1 is 1.08 bits per heavy atom. The molecule has 0 unspecified atom stereocenters. The molecule has 12 heavy (non-hydrogen) atoms. The van der Waals surface area contributed by atoms with Crippen LogP contribution in [0, 0.1) is 6.10 Å². The molecule has 0 aromatic heterocycles. The van der Waals surface area contributed by atoms with Crippen molar-refractivity contribution in [2.75, 3.05) is 7.11 Å². The maximum absolute atomic E-state index is 5.43. The third-order valence-electron chi connectivity index (χ3n) is 1.38. The van der Waals surface area contributed by atoms with E-state index in [2.05, 4.69) is 0 Å². The van der Waals surface area contributed by atoms with Gasteiger partial charge in [-0.15, -0.1) is 0 Å². The van der Waals surface area contributed by atoms with Crippen molar-refractivity contribution in [3.63, 3.8) is 0 Å². The maximum atomic E-state index is 5.43. The molecule has 0 aliphatic carbocycles. The lowest BCUT2D eigenvalue weighted by molar-refractivity contribution is 0.315. The number of rotatable bonds is 3. The lowest BCUT2D eigenvalue weighted by atomic mass is 10.3. The minimum Gasteiger partial charge on any atom is -0.493 e. The molecule has 0 N–H and O–H groups in total. The second kappa shape index (κ2) is 4.00. The third-order valence-corrected chi connectivity index (χ3v) is 1.38. The zero-order valence-corrected chi connectivity index (χ0v) is 7.63. The summed E-state index contributed by atoms with van der Waals surface area (Å²) in [4.78, 5) is 0. The molecule has 0 saturated carbocycles. The fraction of sp³-hybridized carbons (Fsp3) is 0.300. The van der Waals surface area contributed by atoms with Crippen LogP contribution < -0.4 is 9.47 Å². The van der Waals surface area contributed by atoms with Gasteiger partial charge < -0.3 is 9.47 Å². The van der Waals surface area contributed by atoms with Gasteiger partial charge in [-0.1, -0.05) is 12.1 Å². The monoisotopic (exact) mass is 165 g/mol. The normalized spacial score (nSPS) is 10.0. The molecule has 1 rings (SSSR count). The van der Waals surface area contributed by atoms with Crippen LogP contribution >= 0.6 is 0 Å². The first-order valence-corrected chi connectivity index (χ1v) is 3.85. The van der Waals surface area contributed by atoms with Crippen molar-refractivity contribution in [1.29, 1.82) is 0 Å². The number of benzene rings is 1. The van der Waals surface area contributed by atoms with Crippen molar-refractivity contribution in [2.45, 2.75) is 13.8 Å². The topological polar surface area (TPSA) is 18.5 Å². The van der Waals surface area contributed by atoms with Crippen LogP contribution in [0.3, 0.4) is 0 Å². The Bertz CT molecular complexity index is 243. The van der Waals surface area contributed by atoms with Crippen LogP contribution in [0.1, 0.15) is 13.8 Å². The van der Waals surface area contributed by atoms with Crippen molar-refractivity contribution < 1.29 is 9.47 Å². The summed E-state index contributed by atoms with van der Waals surface area (Å²) in [5.41, 5.74) is 0. The van der Waals surface area contributed by atoms with Gasteiger partial charge >= 0.3 is 0 Å². The van der Waals surface area contributed by atoms with Crippen molar-refractivity contribution in [3.05, 3.63) is 30.4 Å². The van der Waals surface area contributed by atoms with E-state index in [4.69, 9.17) is 9.47 Å².